The van der Waals surface area contributed by atoms with Gasteiger partial charge in [0.1, 0.15) is 17.4 Å². The van der Waals surface area contributed by atoms with Crippen molar-refractivity contribution in [1.29, 1.82) is 5.26 Å². The van der Waals surface area contributed by atoms with Crippen molar-refractivity contribution in [2.24, 2.45) is 0 Å². The van der Waals surface area contributed by atoms with Crippen LogP contribution in [0.5, 0.6) is 5.75 Å². The van der Waals surface area contributed by atoms with Gasteiger partial charge in [0.15, 0.2) is 0 Å². The number of rotatable bonds is 10. The number of phenols is 1. The number of amides is 1. The fourth-order valence-corrected chi connectivity index (χ4v) is 2.60. The number of carbonyl (C=O) groups excluding carboxylic acids is 1. The van der Waals surface area contributed by atoms with Gasteiger partial charge in [-0.3, -0.25) is 4.79 Å². The van der Waals surface area contributed by atoms with E-state index in [1.165, 1.54) is 11.8 Å². The average molecular weight is 363 g/mol. The molecule has 0 unspecified atom stereocenters. The van der Waals surface area contributed by atoms with Crippen LogP contribution in [0.15, 0.2) is 66.4 Å². The third-order valence-electron chi connectivity index (χ3n) is 4.13. The summed E-state index contributed by atoms with van der Waals surface area (Å²) >= 11 is 0. The Bertz CT molecular complexity index is 777. The SMILES string of the molecule is N#C/C(=C/NCCCCc1ccccc1)C(=O)NCCc1ccc(O)cc1. The molecule has 0 bridgehead atoms. The summed E-state index contributed by atoms with van der Waals surface area (Å²) in [6, 6.07) is 19.1. The zero-order chi connectivity index (χ0) is 19.3. The first kappa shape index (κ1) is 20.1. The number of nitrogens with zero attached hydrogens (tertiary/aromatic N) is 1. The fourth-order valence-electron chi connectivity index (χ4n) is 2.60. The Morgan fingerprint density at radius 2 is 1.67 bits per heavy atom. The highest BCUT2D eigenvalue weighted by atomic mass is 16.3. The summed E-state index contributed by atoms with van der Waals surface area (Å²) in [6.45, 7) is 1.15. The van der Waals surface area contributed by atoms with E-state index in [1.807, 2.05) is 24.3 Å². The molecule has 0 aromatic heterocycles. The highest BCUT2D eigenvalue weighted by Crippen LogP contribution is 2.09. The van der Waals surface area contributed by atoms with Crippen LogP contribution in [0.3, 0.4) is 0 Å². The molecule has 0 saturated carbocycles. The zero-order valence-electron chi connectivity index (χ0n) is 15.3. The van der Waals surface area contributed by atoms with Crippen LogP contribution in [0.1, 0.15) is 24.0 Å². The van der Waals surface area contributed by atoms with E-state index in [9.17, 15) is 9.90 Å². The van der Waals surface area contributed by atoms with E-state index in [-0.39, 0.29) is 17.2 Å². The van der Waals surface area contributed by atoms with Gasteiger partial charge < -0.3 is 15.7 Å². The van der Waals surface area contributed by atoms with Gasteiger partial charge in [-0.25, -0.2) is 0 Å². The first-order valence-corrected chi connectivity index (χ1v) is 9.12. The van der Waals surface area contributed by atoms with Crippen molar-refractivity contribution in [3.05, 3.63) is 77.5 Å². The predicted molar refractivity (Wildman–Crippen MR) is 106 cm³/mol. The summed E-state index contributed by atoms with van der Waals surface area (Å²) in [4.78, 5) is 12.0. The van der Waals surface area contributed by atoms with Crippen molar-refractivity contribution in [3.63, 3.8) is 0 Å². The smallest absolute Gasteiger partial charge is 0.263 e. The molecule has 0 aliphatic rings. The number of aromatic hydroxyl groups is 1. The molecule has 2 rings (SSSR count). The van der Waals surface area contributed by atoms with Crippen LogP contribution in [-0.2, 0) is 17.6 Å². The number of nitriles is 1. The quantitative estimate of drug-likeness (QED) is 0.344. The second-order valence-electron chi connectivity index (χ2n) is 6.24. The Balaban J connectivity index is 1.64. The lowest BCUT2D eigenvalue weighted by atomic mass is 10.1. The second kappa shape index (κ2) is 11.4. The van der Waals surface area contributed by atoms with Crippen LogP contribution in [0, 0.1) is 11.3 Å². The Labute approximate surface area is 160 Å². The van der Waals surface area contributed by atoms with Crippen molar-refractivity contribution >= 4 is 5.91 Å². The number of aryl methyl sites for hydroxylation is 1. The van der Waals surface area contributed by atoms with Crippen LogP contribution < -0.4 is 10.6 Å². The fraction of sp³-hybridized carbons (Fsp3) is 0.273. The molecule has 140 valence electrons. The van der Waals surface area contributed by atoms with Gasteiger partial charge >= 0.3 is 0 Å². The normalized spacial score (nSPS) is 10.9. The first-order chi connectivity index (χ1) is 13.2. The summed E-state index contributed by atoms with van der Waals surface area (Å²) in [5.74, 6) is -0.166. The zero-order valence-corrected chi connectivity index (χ0v) is 15.3. The van der Waals surface area contributed by atoms with Gasteiger partial charge in [0.2, 0.25) is 0 Å². The Morgan fingerprint density at radius 3 is 2.37 bits per heavy atom. The highest BCUT2D eigenvalue weighted by Gasteiger charge is 2.07. The third-order valence-corrected chi connectivity index (χ3v) is 4.13. The molecule has 3 N–H and O–H groups in total. The Hall–Kier alpha value is -3.26. The molecule has 0 heterocycles. The number of phenolic OH excluding ortho intramolecular Hbond substituents is 1. The van der Waals surface area contributed by atoms with E-state index in [1.54, 1.807) is 24.3 Å². The van der Waals surface area contributed by atoms with Crippen LogP contribution in [0.4, 0.5) is 0 Å². The molecule has 0 atom stereocenters. The number of hydrogen-bond donors (Lipinski definition) is 3. The summed E-state index contributed by atoms with van der Waals surface area (Å²) in [7, 11) is 0. The van der Waals surface area contributed by atoms with Crippen LogP contribution in [-0.4, -0.2) is 24.1 Å². The summed E-state index contributed by atoms with van der Waals surface area (Å²) in [5, 5.41) is 24.2. The molecule has 0 spiro atoms. The summed E-state index contributed by atoms with van der Waals surface area (Å²) in [6.07, 6.45) is 5.16. The maximum absolute atomic E-state index is 12.0. The molecule has 5 heteroatoms. The first-order valence-electron chi connectivity index (χ1n) is 9.12. The van der Waals surface area contributed by atoms with Crippen molar-refractivity contribution < 1.29 is 9.90 Å². The average Bonchev–Trinajstić information content (AvgIpc) is 2.69. The van der Waals surface area contributed by atoms with Crippen molar-refractivity contribution in [3.8, 4) is 11.8 Å². The number of unbranched alkanes of at least 4 members (excludes halogenated alkanes) is 1. The van der Waals surface area contributed by atoms with Crippen LogP contribution in [0.2, 0.25) is 0 Å². The number of hydrogen-bond acceptors (Lipinski definition) is 4. The van der Waals surface area contributed by atoms with Gasteiger partial charge in [0.25, 0.3) is 5.91 Å². The minimum absolute atomic E-state index is 0.0729. The minimum atomic E-state index is -0.381. The molecule has 0 radical (unpaired) electrons. The van der Waals surface area contributed by atoms with Crippen LogP contribution >= 0.6 is 0 Å². The summed E-state index contributed by atoms with van der Waals surface area (Å²) < 4.78 is 0. The second-order valence-corrected chi connectivity index (χ2v) is 6.24. The molecule has 0 aliphatic carbocycles. The largest absolute Gasteiger partial charge is 0.508 e. The Kier molecular flexibility index (Phi) is 8.45. The topological polar surface area (TPSA) is 85.2 Å². The van der Waals surface area contributed by atoms with E-state index in [0.29, 0.717) is 13.0 Å². The highest BCUT2D eigenvalue weighted by molar-refractivity contribution is 5.97. The van der Waals surface area contributed by atoms with Gasteiger partial charge in [-0.1, -0.05) is 42.5 Å². The van der Waals surface area contributed by atoms with Crippen molar-refractivity contribution in [1.82, 2.24) is 10.6 Å². The van der Waals surface area contributed by atoms with E-state index < -0.39 is 0 Å². The Morgan fingerprint density at radius 1 is 0.963 bits per heavy atom. The molecular formula is C22H25N3O2. The molecule has 0 fully saturated rings. The van der Waals surface area contributed by atoms with Gasteiger partial charge in [-0.2, -0.15) is 5.26 Å². The molecule has 1 amide bonds. The van der Waals surface area contributed by atoms with E-state index >= 15 is 0 Å². The van der Waals surface area contributed by atoms with Gasteiger partial charge in [-0.05, 0) is 48.9 Å². The summed E-state index contributed by atoms with van der Waals surface area (Å²) in [5.41, 5.74) is 2.40. The maximum Gasteiger partial charge on any atom is 0.263 e. The van der Waals surface area contributed by atoms with E-state index in [4.69, 9.17) is 5.26 Å². The van der Waals surface area contributed by atoms with Gasteiger partial charge in [-0.15, -0.1) is 0 Å². The number of nitrogens with one attached hydrogen (secondary N) is 2. The van der Waals surface area contributed by atoms with Gasteiger partial charge in [0, 0.05) is 19.3 Å². The molecule has 5 nitrogen and oxygen atoms in total. The molecule has 27 heavy (non-hydrogen) atoms. The lowest BCUT2D eigenvalue weighted by molar-refractivity contribution is -0.117. The molecule has 2 aromatic rings. The van der Waals surface area contributed by atoms with E-state index in [2.05, 4.69) is 22.8 Å². The molecule has 0 saturated heterocycles. The van der Waals surface area contributed by atoms with Crippen molar-refractivity contribution in [2.45, 2.75) is 25.7 Å². The van der Waals surface area contributed by atoms with Crippen LogP contribution in [0.25, 0.3) is 0 Å². The lowest BCUT2D eigenvalue weighted by Gasteiger charge is -2.06. The van der Waals surface area contributed by atoms with E-state index in [0.717, 1.165) is 31.4 Å². The van der Waals surface area contributed by atoms with Crippen molar-refractivity contribution in [2.75, 3.05) is 13.1 Å². The predicted octanol–water partition coefficient (Wildman–Crippen LogP) is 3.07. The standard InChI is InChI=1S/C22H25N3O2/c23-16-20(17-24-14-5-4-8-18-6-2-1-3-7-18)22(27)25-15-13-19-9-11-21(26)12-10-19/h1-3,6-7,9-12,17,24,26H,4-5,8,13-15H2,(H,25,27)/b20-17-. The lowest BCUT2D eigenvalue weighted by Crippen LogP contribution is -2.27. The molecule has 0 aliphatic heterocycles. The molecule has 2 aromatic carbocycles. The maximum atomic E-state index is 12.0. The number of carbonyl (C=O) groups is 1. The molecular weight excluding hydrogens is 338 g/mol. The minimum Gasteiger partial charge on any atom is -0.508 e. The van der Waals surface area contributed by atoms with Gasteiger partial charge in [0.05, 0.1) is 0 Å². The monoisotopic (exact) mass is 363 g/mol. The number of benzene rings is 2. The third kappa shape index (κ3) is 7.66.